The molecule has 0 amide bonds. The van der Waals surface area contributed by atoms with E-state index in [4.69, 9.17) is 0 Å². The molecule has 2 rings (SSSR count). The van der Waals surface area contributed by atoms with Crippen LogP contribution < -0.4 is 0 Å². The van der Waals surface area contributed by atoms with Crippen LogP contribution in [-0.2, 0) is 0 Å². The van der Waals surface area contributed by atoms with Crippen LogP contribution in [0.5, 0.6) is 0 Å². The van der Waals surface area contributed by atoms with Crippen molar-refractivity contribution in [1.82, 2.24) is 0 Å². The molecule has 0 aliphatic heterocycles. The molecule has 0 bridgehead atoms. The summed E-state index contributed by atoms with van der Waals surface area (Å²) in [7, 11) is 0. The van der Waals surface area contributed by atoms with Crippen molar-refractivity contribution < 1.29 is 5.11 Å². The Labute approximate surface area is 113 Å². The van der Waals surface area contributed by atoms with Crippen LogP contribution in [-0.4, -0.2) is 11.2 Å². The number of aliphatic hydroxyl groups excluding tert-OH is 1. The maximum absolute atomic E-state index is 10.4. The number of rotatable bonds is 4. The molecule has 104 valence electrons. The third-order valence-corrected chi connectivity index (χ3v) is 5.06. The van der Waals surface area contributed by atoms with Crippen LogP contribution in [0.15, 0.2) is 11.6 Å². The monoisotopic (exact) mass is 250 g/mol. The summed E-state index contributed by atoms with van der Waals surface area (Å²) in [6, 6.07) is 0. The predicted octanol–water partition coefficient (Wildman–Crippen LogP) is 4.84. The first kappa shape index (κ1) is 14.1. The average Bonchev–Trinajstić information content (AvgIpc) is 2.46. The van der Waals surface area contributed by atoms with Gasteiger partial charge in [0.15, 0.2) is 0 Å². The van der Waals surface area contributed by atoms with Gasteiger partial charge in [0, 0.05) is 0 Å². The first-order valence-electron chi connectivity index (χ1n) is 8.20. The second kappa shape index (κ2) is 7.33. The van der Waals surface area contributed by atoms with E-state index in [-0.39, 0.29) is 6.10 Å². The highest BCUT2D eigenvalue weighted by Crippen LogP contribution is 2.33. The second-order valence-electron chi connectivity index (χ2n) is 6.32. The molecule has 1 nitrogen and oxygen atoms in total. The zero-order valence-electron chi connectivity index (χ0n) is 12.0. The number of hydrogen-bond acceptors (Lipinski definition) is 1. The Morgan fingerprint density at radius 3 is 2.11 bits per heavy atom. The van der Waals surface area contributed by atoms with Gasteiger partial charge in [-0.1, -0.05) is 57.1 Å². The molecular weight excluding hydrogens is 220 g/mol. The molecule has 0 heterocycles. The fraction of sp³-hybridized carbons (Fsp3) is 0.882. The lowest BCUT2D eigenvalue weighted by atomic mass is 9.80. The topological polar surface area (TPSA) is 20.2 Å². The standard InChI is InChI=1S/C17H30O/c1-2-14(15-9-5-3-6-10-15)13-17(18)16-11-7-4-8-12-16/h13,15-18H,2-12H2,1H3/b14-13-/t17-/m1/s1. The second-order valence-corrected chi connectivity index (χ2v) is 6.32. The molecule has 0 spiro atoms. The Bertz CT molecular complexity index is 257. The number of aliphatic hydroxyl groups is 1. The summed E-state index contributed by atoms with van der Waals surface area (Å²) in [5.74, 6) is 1.32. The van der Waals surface area contributed by atoms with E-state index in [0.29, 0.717) is 5.92 Å². The van der Waals surface area contributed by atoms with E-state index in [0.717, 1.165) is 12.3 Å². The molecule has 0 aromatic carbocycles. The minimum atomic E-state index is -0.165. The Balaban J connectivity index is 1.93. The SMILES string of the molecule is CC/C(=C/[C@@H](O)C1CCCCC1)C1CCCCC1. The fourth-order valence-corrected chi connectivity index (χ4v) is 3.85. The van der Waals surface area contributed by atoms with Crippen LogP contribution in [0.4, 0.5) is 0 Å². The van der Waals surface area contributed by atoms with E-state index in [1.165, 1.54) is 64.2 Å². The van der Waals surface area contributed by atoms with Crippen LogP contribution in [0, 0.1) is 11.8 Å². The summed E-state index contributed by atoms with van der Waals surface area (Å²) in [4.78, 5) is 0. The van der Waals surface area contributed by atoms with Crippen molar-refractivity contribution in [2.45, 2.75) is 83.7 Å². The van der Waals surface area contributed by atoms with Crippen LogP contribution in [0.25, 0.3) is 0 Å². The molecule has 1 atom stereocenters. The van der Waals surface area contributed by atoms with Crippen LogP contribution in [0.3, 0.4) is 0 Å². The summed E-state index contributed by atoms with van der Waals surface area (Å²) in [6.45, 7) is 2.26. The molecule has 2 aliphatic rings. The molecule has 1 N–H and O–H groups in total. The van der Waals surface area contributed by atoms with Crippen LogP contribution >= 0.6 is 0 Å². The van der Waals surface area contributed by atoms with Crippen molar-refractivity contribution in [1.29, 1.82) is 0 Å². The van der Waals surface area contributed by atoms with Gasteiger partial charge in [-0.3, -0.25) is 0 Å². The molecule has 2 saturated carbocycles. The summed E-state index contributed by atoms with van der Waals surface area (Å²) >= 11 is 0. The van der Waals surface area contributed by atoms with E-state index in [1.54, 1.807) is 5.57 Å². The fourth-order valence-electron chi connectivity index (χ4n) is 3.85. The van der Waals surface area contributed by atoms with Crippen molar-refractivity contribution in [2.24, 2.45) is 11.8 Å². The van der Waals surface area contributed by atoms with Crippen LogP contribution in [0.2, 0.25) is 0 Å². The maximum Gasteiger partial charge on any atom is 0.0751 e. The summed E-state index contributed by atoms with van der Waals surface area (Å²) in [5, 5.41) is 10.4. The molecule has 0 unspecified atom stereocenters. The van der Waals surface area contributed by atoms with Crippen molar-refractivity contribution in [3.8, 4) is 0 Å². The van der Waals surface area contributed by atoms with Gasteiger partial charge in [-0.2, -0.15) is 0 Å². The molecular formula is C17H30O. The lowest BCUT2D eigenvalue weighted by Gasteiger charge is -2.28. The minimum absolute atomic E-state index is 0.165. The van der Waals surface area contributed by atoms with Gasteiger partial charge >= 0.3 is 0 Å². The normalized spacial score (nSPS) is 26.2. The molecule has 0 aromatic rings. The molecule has 0 saturated heterocycles. The molecule has 2 aliphatic carbocycles. The zero-order chi connectivity index (χ0) is 12.8. The molecule has 2 fully saturated rings. The van der Waals surface area contributed by atoms with E-state index in [1.807, 2.05) is 0 Å². The van der Waals surface area contributed by atoms with Crippen molar-refractivity contribution in [3.63, 3.8) is 0 Å². The van der Waals surface area contributed by atoms with E-state index >= 15 is 0 Å². The van der Waals surface area contributed by atoms with Gasteiger partial charge in [-0.15, -0.1) is 0 Å². The Morgan fingerprint density at radius 1 is 1.00 bits per heavy atom. The van der Waals surface area contributed by atoms with Crippen molar-refractivity contribution in [2.75, 3.05) is 0 Å². The predicted molar refractivity (Wildman–Crippen MR) is 77.5 cm³/mol. The Kier molecular flexibility index (Phi) is 5.75. The molecule has 1 heteroatoms. The lowest BCUT2D eigenvalue weighted by molar-refractivity contribution is 0.123. The molecule has 18 heavy (non-hydrogen) atoms. The highest BCUT2D eigenvalue weighted by atomic mass is 16.3. The van der Waals surface area contributed by atoms with Gasteiger partial charge in [-0.05, 0) is 43.9 Å². The molecule has 0 aromatic heterocycles. The number of hydrogen-bond donors (Lipinski definition) is 1. The van der Waals surface area contributed by atoms with Crippen molar-refractivity contribution in [3.05, 3.63) is 11.6 Å². The third-order valence-electron chi connectivity index (χ3n) is 5.06. The van der Waals surface area contributed by atoms with Gasteiger partial charge in [-0.25, -0.2) is 0 Å². The van der Waals surface area contributed by atoms with Crippen molar-refractivity contribution >= 4 is 0 Å². The lowest BCUT2D eigenvalue weighted by Crippen LogP contribution is -2.22. The number of allylic oxidation sites excluding steroid dienone is 1. The van der Waals surface area contributed by atoms with Gasteiger partial charge in [0.2, 0.25) is 0 Å². The van der Waals surface area contributed by atoms with Gasteiger partial charge in [0.25, 0.3) is 0 Å². The van der Waals surface area contributed by atoms with Gasteiger partial charge in [0.1, 0.15) is 0 Å². The maximum atomic E-state index is 10.4. The third kappa shape index (κ3) is 3.85. The highest BCUT2D eigenvalue weighted by molar-refractivity contribution is 5.10. The van der Waals surface area contributed by atoms with E-state index in [9.17, 15) is 5.11 Å². The smallest absolute Gasteiger partial charge is 0.0751 e. The average molecular weight is 250 g/mol. The summed E-state index contributed by atoms with van der Waals surface area (Å²) in [5.41, 5.74) is 1.55. The first-order chi connectivity index (χ1) is 8.81. The van der Waals surface area contributed by atoms with E-state index < -0.39 is 0 Å². The quantitative estimate of drug-likeness (QED) is 0.708. The zero-order valence-corrected chi connectivity index (χ0v) is 12.0. The summed E-state index contributed by atoms with van der Waals surface area (Å²) in [6.07, 6.45) is 16.6. The summed E-state index contributed by atoms with van der Waals surface area (Å²) < 4.78 is 0. The Hall–Kier alpha value is -0.300. The first-order valence-corrected chi connectivity index (χ1v) is 8.20. The Morgan fingerprint density at radius 2 is 1.56 bits per heavy atom. The van der Waals surface area contributed by atoms with Crippen LogP contribution in [0.1, 0.15) is 77.6 Å². The van der Waals surface area contributed by atoms with Gasteiger partial charge < -0.3 is 5.11 Å². The minimum Gasteiger partial charge on any atom is -0.389 e. The van der Waals surface area contributed by atoms with E-state index in [2.05, 4.69) is 13.0 Å². The molecule has 0 radical (unpaired) electrons. The largest absolute Gasteiger partial charge is 0.389 e. The van der Waals surface area contributed by atoms with Gasteiger partial charge in [0.05, 0.1) is 6.10 Å². The highest BCUT2D eigenvalue weighted by Gasteiger charge is 2.22.